The minimum atomic E-state index is -3.29. The molecule has 4 nitrogen and oxygen atoms in total. The van der Waals surface area contributed by atoms with E-state index in [-0.39, 0.29) is 0 Å². The Morgan fingerprint density at radius 1 is 0.870 bits per heavy atom. The van der Waals surface area contributed by atoms with E-state index in [4.69, 9.17) is 8.23 Å². The molecule has 0 amide bonds. The highest BCUT2D eigenvalue weighted by atomic mass is 79.9. The van der Waals surface area contributed by atoms with Crippen LogP contribution in [0.2, 0.25) is 45.8 Å². The third-order valence-electron chi connectivity index (χ3n) is 2.83. The molecule has 1 rings (SSSR count). The molecule has 0 radical (unpaired) electrons. The highest BCUT2D eigenvalue weighted by Crippen LogP contribution is 2.24. The van der Waals surface area contributed by atoms with Crippen LogP contribution < -0.4 is 5.19 Å². The van der Waals surface area contributed by atoms with Crippen molar-refractivity contribution in [3.8, 4) is 0 Å². The Morgan fingerprint density at radius 3 is 1.65 bits per heavy atom. The summed E-state index contributed by atoms with van der Waals surface area (Å²) >= 11 is 3.43. The first-order chi connectivity index (χ1) is 10.0. The highest BCUT2D eigenvalue weighted by molar-refractivity contribution is 9.10. The highest BCUT2D eigenvalue weighted by Gasteiger charge is 2.42. The molecule has 0 aliphatic rings. The van der Waals surface area contributed by atoms with Crippen molar-refractivity contribution in [1.82, 2.24) is 0 Å². The summed E-state index contributed by atoms with van der Waals surface area (Å²) in [6, 6.07) is 5.27. The lowest BCUT2D eigenvalue weighted by atomic mass is 10.4. The molecule has 0 saturated heterocycles. The summed E-state index contributed by atoms with van der Waals surface area (Å²) in [4.78, 5) is 0.291. The lowest BCUT2D eigenvalue weighted by Crippen LogP contribution is -2.60. The Hall–Kier alpha value is 0.221. The van der Waals surface area contributed by atoms with Gasteiger partial charge in [0.1, 0.15) is 0 Å². The predicted molar refractivity (Wildman–Crippen MR) is 107 cm³/mol. The zero-order valence-electron chi connectivity index (χ0n) is 15.2. The van der Waals surface area contributed by atoms with Crippen molar-refractivity contribution in [3.05, 3.63) is 22.7 Å². The molecule has 1 aromatic rings. The molecule has 0 unspecified atom stereocenters. The molecule has 0 aliphatic carbocycles. The maximum atomic E-state index is 12.0. The molecule has 0 aliphatic heterocycles. The van der Waals surface area contributed by atoms with Crippen LogP contribution in [0.5, 0.6) is 0 Å². The fourth-order valence-electron chi connectivity index (χ4n) is 2.35. The van der Waals surface area contributed by atoms with Crippen LogP contribution in [0.4, 0.5) is 0 Å². The van der Waals surface area contributed by atoms with E-state index < -0.39 is 35.0 Å². The Balaban J connectivity index is 3.52. The Bertz CT molecular complexity index is 662. The number of rotatable bonds is 6. The Labute approximate surface area is 152 Å². The van der Waals surface area contributed by atoms with Gasteiger partial charge in [0.25, 0.3) is 0 Å². The summed E-state index contributed by atoms with van der Waals surface area (Å²) in [7, 11) is -9.72. The van der Waals surface area contributed by atoms with Crippen LogP contribution in [0, 0.1) is 0 Å². The molecular weight excluding hydrogens is 428 g/mol. The smallest absolute Gasteiger partial charge is 0.348 e. The van der Waals surface area contributed by atoms with E-state index in [9.17, 15) is 8.42 Å². The molecule has 0 bridgehead atoms. The van der Waals surface area contributed by atoms with E-state index in [2.05, 4.69) is 55.2 Å². The van der Waals surface area contributed by atoms with Crippen molar-refractivity contribution in [1.29, 1.82) is 0 Å². The molecule has 0 saturated carbocycles. The van der Waals surface area contributed by atoms with Gasteiger partial charge in [-0.2, -0.15) is 0 Å². The number of hydrogen-bond acceptors (Lipinski definition) is 4. The van der Waals surface area contributed by atoms with Crippen LogP contribution in [0.3, 0.4) is 0 Å². The molecule has 0 heterocycles. The predicted octanol–water partition coefficient (Wildman–Crippen LogP) is 3.83. The van der Waals surface area contributed by atoms with Gasteiger partial charge in [0.05, 0.1) is 4.90 Å². The van der Waals surface area contributed by atoms with Crippen LogP contribution in [0.1, 0.15) is 0 Å². The summed E-state index contributed by atoms with van der Waals surface area (Å²) in [5.41, 5.74) is 0. The molecule has 0 aromatic heterocycles. The second-order valence-corrected chi connectivity index (χ2v) is 23.3. The normalized spacial score (nSPS) is 14.1. The summed E-state index contributed by atoms with van der Waals surface area (Å²) in [5, 5.41) is 0.858. The monoisotopic (exact) mass is 454 g/mol. The number of sulfone groups is 1. The minimum Gasteiger partial charge on any atom is -0.433 e. The van der Waals surface area contributed by atoms with E-state index >= 15 is 0 Å². The van der Waals surface area contributed by atoms with Gasteiger partial charge >= 0.3 is 8.56 Å². The maximum Gasteiger partial charge on any atom is 0.348 e. The van der Waals surface area contributed by atoms with Gasteiger partial charge in [0, 0.05) is 10.7 Å². The van der Waals surface area contributed by atoms with Crippen molar-refractivity contribution in [2.45, 2.75) is 50.7 Å². The first kappa shape index (κ1) is 21.3. The molecule has 0 spiro atoms. The molecule has 0 fully saturated rings. The first-order valence-electron chi connectivity index (χ1n) is 7.43. The number of benzene rings is 1. The van der Waals surface area contributed by atoms with E-state index in [0.717, 1.165) is 9.66 Å². The second kappa shape index (κ2) is 6.85. The van der Waals surface area contributed by atoms with E-state index in [0.29, 0.717) is 4.90 Å². The van der Waals surface area contributed by atoms with Crippen LogP contribution in [-0.4, -0.2) is 39.9 Å². The third kappa shape index (κ3) is 6.93. The topological polar surface area (TPSA) is 52.6 Å². The first-order valence-corrected chi connectivity index (χ1v) is 19.3. The third-order valence-corrected chi connectivity index (χ3v) is 13.7. The summed E-state index contributed by atoms with van der Waals surface area (Å²) in [6.07, 6.45) is 1.22. The van der Waals surface area contributed by atoms with Gasteiger partial charge < -0.3 is 8.23 Å². The van der Waals surface area contributed by atoms with Crippen LogP contribution in [0.15, 0.2) is 27.6 Å². The summed E-state index contributed by atoms with van der Waals surface area (Å²) in [6.45, 7) is 14.8. The van der Waals surface area contributed by atoms with E-state index in [1.165, 1.54) is 6.26 Å². The number of halogens is 1. The van der Waals surface area contributed by atoms with Crippen molar-refractivity contribution < 1.29 is 16.6 Å². The van der Waals surface area contributed by atoms with E-state index in [1.807, 2.05) is 12.6 Å². The molecule has 23 heavy (non-hydrogen) atoms. The largest absolute Gasteiger partial charge is 0.433 e. The van der Waals surface area contributed by atoms with Gasteiger partial charge in [-0.3, -0.25) is 0 Å². The zero-order valence-corrected chi connectivity index (χ0v) is 20.6. The van der Waals surface area contributed by atoms with Gasteiger partial charge in [-0.15, -0.1) is 0 Å². The van der Waals surface area contributed by atoms with Crippen molar-refractivity contribution in [2.75, 3.05) is 6.26 Å². The average Bonchev–Trinajstić information content (AvgIpc) is 2.21. The molecule has 132 valence electrons. The van der Waals surface area contributed by atoms with Crippen molar-refractivity contribution in [3.63, 3.8) is 0 Å². The molecular formula is C14H27BrO4SSi3. The Morgan fingerprint density at radius 2 is 1.30 bits per heavy atom. The van der Waals surface area contributed by atoms with Crippen LogP contribution in [-0.2, 0) is 18.1 Å². The van der Waals surface area contributed by atoms with Gasteiger partial charge in [-0.25, -0.2) is 8.42 Å². The second-order valence-electron chi connectivity index (χ2n) is 7.82. The average molecular weight is 456 g/mol. The fourth-order valence-corrected chi connectivity index (χ4v) is 15.7. The van der Waals surface area contributed by atoms with Crippen molar-refractivity contribution >= 4 is 56.1 Å². The Kier molecular flexibility index (Phi) is 6.33. The standard InChI is InChI=1S/C14H27BrO4SSi3/c1-20(16,17)13-9-12(15)10-14(11-13)23(8,18-21(2,3)4)19-22(5,6)7/h9-11H,1-8H3. The van der Waals surface area contributed by atoms with Crippen LogP contribution >= 0.6 is 15.9 Å². The van der Waals surface area contributed by atoms with Gasteiger partial charge in [-0.1, -0.05) is 15.9 Å². The van der Waals surface area contributed by atoms with Gasteiger partial charge in [-0.05, 0) is 69.2 Å². The van der Waals surface area contributed by atoms with E-state index in [1.54, 1.807) is 12.1 Å². The molecule has 9 heteroatoms. The SMILES string of the molecule is C[Si](C)(C)O[Si](C)(O[Si](C)(C)C)c1cc(Br)cc(S(C)(=O)=O)c1. The summed E-state index contributed by atoms with van der Waals surface area (Å²) < 4.78 is 37.6. The molecule has 0 atom stereocenters. The molecule has 0 N–H and O–H groups in total. The molecule has 1 aromatic carbocycles. The minimum absolute atomic E-state index is 0.291. The maximum absolute atomic E-state index is 12.0. The van der Waals surface area contributed by atoms with Gasteiger partial charge in [0.2, 0.25) is 0 Å². The van der Waals surface area contributed by atoms with Crippen molar-refractivity contribution in [2.24, 2.45) is 0 Å². The van der Waals surface area contributed by atoms with Crippen LogP contribution in [0.25, 0.3) is 0 Å². The van der Waals surface area contributed by atoms with Gasteiger partial charge in [0.15, 0.2) is 26.5 Å². The zero-order chi connectivity index (χ0) is 18.3. The number of hydrogen-bond donors (Lipinski definition) is 0. The summed E-state index contributed by atoms with van der Waals surface area (Å²) in [5.74, 6) is 0. The lowest BCUT2D eigenvalue weighted by Gasteiger charge is -2.38. The quantitative estimate of drug-likeness (QED) is 0.612. The lowest BCUT2D eigenvalue weighted by molar-refractivity contribution is 0.404. The fraction of sp³-hybridized carbons (Fsp3) is 0.571.